The monoisotopic (exact) mass is 308 g/mol. The summed E-state index contributed by atoms with van der Waals surface area (Å²) in [6.07, 6.45) is 1.15. The molecule has 0 heterocycles. The van der Waals surface area contributed by atoms with Crippen molar-refractivity contribution >= 4 is 6.29 Å². The molecule has 1 nitrogen and oxygen atoms in total. The van der Waals surface area contributed by atoms with Crippen molar-refractivity contribution in [2.24, 2.45) is 10.8 Å². The summed E-state index contributed by atoms with van der Waals surface area (Å²) < 4.78 is 13.9. The van der Waals surface area contributed by atoms with E-state index < -0.39 is 5.41 Å². The van der Waals surface area contributed by atoms with Crippen LogP contribution in [0.1, 0.15) is 44.7 Å². The van der Waals surface area contributed by atoms with Crippen LogP contribution in [0.3, 0.4) is 0 Å². The zero-order valence-electron chi connectivity index (χ0n) is 14.0. The van der Waals surface area contributed by atoms with Gasteiger partial charge in [0.2, 0.25) is 0 Å². The van der Waals surface area contributed by atoms with Crippen LogP contribution < -0.4 is 0 Å². The van der Waals surface area contributed by atoms with Crippen molar-refractivity contribution in [3.63, 3.8) is 0 Å². The molecule has 2 aromatic carbocycles. The van der Waals surface area contributed by atoms with Crippen LogP contribution in [0.15, 0.2) is 42.5 Å². The molecule has 2 atom stereocenters. The standard InChI is InChI=1S/C21H21FO/c1-19(2)18-15-10-9-13(22)11-16(15)14-7-5-6-8-17(14)21(18,12-23)20(19,3)4/h5-12,18H,1-4H3/t18-,21-/m1/s1. The Kier molecular flexibility index (Phi) is 2.61. The highest BCUT2D eigenvalue weighted by atomic mass is 19.1. The number of benzene rings is 2. The predicted octanol–water partition coefficient (Wildman–Crippen LogP) is 5.09. The van der Waals surface area contributed by atoms with Crippen molar-refractivity contribution in [2.75, 3.05) is 0 Å². The predicted molar refractivity (Wildman–Crippen MR) is 89.9 cm³/mol. The Morgan fingerprint density at radius 3 is 2.39 bits per heavy atom. The van der Waals surface area contributed by atoms with Crippen molar-refractivity contribution in [2.45, 2.75) is 39.0 Å². The summed E-state index contributed by atoms with van der Waals surface area (Å²) in [5.41, 5.74) is 3.31. The molecule has 0 amide bonds. The summed E-state index contributed by atoms with van der Waals surface area (Å²) in [4.78, 5) is 12.4. The SMILES string of the molecule is CC1(C)[C@H]2c3ccc(F)cc3-c3ccccc3[C@@]2(C=O)C1(C)C. The van der Waals surface area contributed by atoms with Crippen LogP contribution in [-0.2, 0) is 10.2 Å². The largest absolute Gasteiger partial charge is 0.302 e. The number of hydrogen-bond donors (Lipinski definition) is 0. The minimum absolute atomic E-state index is 0.0476. The molecule has 0 saturated heterocycles. The third kappa shape index (κ3) is 1.37. The number of halogens is 1. The summed E-state index contributed by atoms with van der Waals surface area (Å²) in [6.45, 7) is 8.81. The van der Waals surface area contributed by atoms with E-state index in [4.69, 9.17) is 0 Å². The molecule has 2 aliphatic carbocycles. The molecule has 23 heavy (non-hydrogen) atoms. The lowest BCUT2D eigenvalue weighted by molar-refractivity contribution is -0.163. The average molecular weight is 308 g/mol. The number of carbonyl (C=O) groups is 1. The molecule has 1 saturated carbocycles. The molecule has 1 fully saturated rings. The molecule has 0 N–H and O–H groups in total. The van der Waals surface area contributed by atoms with Gasteiger partial charge in [-0.2, -0.15) is 0 Å². The lowest BCUT2D eigenvalue weighted by atomic mass is 9.29. The first kappa shape index (κ1) is 14.6. The van der Waals surface area contributed by atoms with Gasteiger partial charge in [0.15, 0.2) is 0 Å². The molecule has 2 aliphatic rings. The summed E-state index contributed by atoms with van der Waals surface area (Å²) >= 11 is 0. The van der Waals surface area contributed by atoms with Crippen LogP contribution in [0.4, 0.5) is 4.39 Å². The van der Waals surface area contributed by atoms with Crippen molar-refractivity contribution in [3.8, 4) is 11.1 Å². The van der Waals surface area contributed by atoms with E-state index in [-0.39, 0.29) is 22.6 Å². The van der Waals surface area contributed by atoms with Crippen LogP contribution >= 0.6 is 0 Å². The van der Waals surface area contributed by atoms with Crippen molar-refractivity contribution in [1.29, 1.82) is 0 Å². The Bertz CT molecular complexity index is 833. The summed E-state index contributed by atoms with van der Waals surface area (Å²) in [6, 6.07) is 13.0. The van der Waals surface area contributed by atoms with Crippen LogP contribution in [-0.4, -0.2) is 6.29 Å². The summed E-state index contributed by atoms with van der Waals surface area (Å²) in [5.74, 6) is -0.151. The summed E-state index contributed by atoms with van der Waals surface area (Å²) in [7, 11) is 0. The van der Waals surface area contributed by atoms with Gasteiger partial charge >= 0.3 is 0 Å². The van der Waals surface area contributed by atoms with E-state index >= 15 is 0 Å². The molecule has 0 bridgehead atoms. The first-order valence-electron chi connectivity index (χ1n) is 8.14. The van der Waals surface area contributed by atoms with Gasteiger partial charge in [0.25, 0.3) is 0 Å². The molecule has 0 radical (unpaired) electrons. The molecule has 0 spiro atoms. The Labute approximate surface area is 136 Å². The normalized spacial score (nSPS) is 28.8. The van der Waals surface area contributed by atoms with Gasteiger partial charge in [-0.1, -0.05) is 58.0 Å². The third-order valence-electron chi connectivity index (χ3n) is 7.00. The van der Waals surface area contributed by atoms with Gasteiger partial charge in [0.1, 0.15) is 12.1 Å². The summed E-state index contributed by atoms with van der Waals surface area (Å²) in [5, 5.41) is 0. The fourth-order valence-corrected chi connectivity index (χ4v) is 5.24. The van der Waals surface area contributed by atoms with Gasteiger partial charge in [-0.15, -0.1) is 0 Å². The molecule has 0 aliphatic heterocycles. The van der Waals surface area contributed by atoms with E-state index in [1.165, 1.54) is 6.07 Å². The van der Waals surface area contributed by atoms with E-state index in [9.17, 15) is 9.18 Å². The van der Waals surface area contributed by atoms with E-state index in [0.717, 1.165) is 28.5 Å². The van der Waals surface area contributed by atoms with Gasteiger partial charge in [-0.25, -0.2) is 4.39 Å². The number of hydrogen-bond acceptors (Lipinski definition) is 1. The number of aldehydes is 1. The van der Waals surface area contributed by atoms with Gasteiger partial charge < -0.3 is 4.79 Å². The van der Waals surface area contributed by atoms with Crippen LogP contribution in [0.25, 0.3) is 11.1 Å². The highest BCUT2D eigenvalue weighted by molar-refractivity contribution is 5.88. The van der Waals surface area contributed by atoms with Crippen LogP contribution in [0.2, 0.25) is 0 Å². The Morgan fingerprint density at radius 2 is 1.70 bits per heavy atom. The maximum absolute atomic E-state index is 13.9. The lowest BCUT2D eigenvalue weighted by Crippen LogP contribution is -2.70. The zero-order chi connectivity index (χ0) is 16.6. The van der Waals surface area contributed by atoms with Crippen molar-refractivity contribution in [1.82, 2.24) is 0 Å². The Morgan fingerprint density at radius 1 is 1.00 bits per heavy atom. The Balaban J connectivity index is 2.14. The first-order valence-corrected chi connectivity index (χ1v) is 8.14. The van der Waals surface area contributed by atoms with Gasteiger partial charge in [0, 0.05) is 5.92 Å². The molecule has 0 aromatic heterocycles. The fraction of sp³-hybridized carbons (Fsp3) is 0.381. The first-order chi connectivity index (χ1) is 10.8. The maximum atomic E-state index is 13.9. The van der Waals surface area contributed by atoms with E-state index in [1.807, 2.05) is 30.3 Å². The second kappa shape index (κ2) is 4.11. The fourth-order valence-electron chi connectivity index (χ4n) is 5.24. The molecule has 2 heteroatoms. The topological polar surface area (TPSA) is 17.1 Å². The molecule has 0 unspecified atom stereocenters. The van der Waals surface area contributed by atoms with Crippen LogP contribution in [0, 0.1) is 16.6 Å². The van der Waals surface area contributed by atoms with E-state index in [1.54, 1.807) is 6.07 Å². The molecule has 4 rings (SSSR count). The highest BCUT2D eigenvalue weighted by Crippen LogP contribution is 2.77. The number of carbonyl (C=O) groups excluding carboxylic acids is 1. The molecule has 2 aromatic rings. The minimum atomic E-state index is -0.544. The van der Waals surface area contributed by atoms with Gasteiger partial charge in [-0.3, -0.25) is 0 Å². The van der Waals surface area contributed by atoms with Crippen molar-refractivity contribution in [3.05, 3.63) is 59.4 Å². The minimum Gasteiger partial charge on any atom is -0.302 e. The van der Waals surface area contributed by atoms with Crippen LogP contribution in [0.5, 0.6) is 0 Å². The van der Waals surface area contributed by atoms with Gasteiger partial charge in [-0.05, 0) is 45.2 Å². The van der Waals surface area contributed by atoms with Crippen molar-refractivity contribution < 1.29 is 9.18 Å². The molecule has 118 valence electrons. The zero-order valence-corrected chi connectivity index (χ0v) is 14.0. The quantitative estimate of drug-likeness (QED) is 0.670. The van der Waals surface area contributed by atoms with E-state index in [0.29, 0.717) is 0 Å². The Hall–Kier alpha value is -1.96. The second-order valence-corrected chi connectivity index (χ2v) is 8.04. The lowest BCUT2D eigenvalue weighted by Gasteiger charge is -2.72. The molecular formula is C21H21FO. The second-order valence-electron chi connectivity index (χ2n) is 8.04. The smallest absolute Gasteiger partial charge is 0.131 e. The highest BCUT2D eigenvalue weighted by Gasteiger charge is 2.74. The van der Waals surface area contributed by atoms with E-state index in [2.05, 4.69) is 27.7 Å². The average Bonchev–Trinajstić information content (AvgIpc) is 2.53. The third-order valence-corrected chi connectivity index (χ3v) is 7.00. The molecular weight excluding hydrogens is 287 g/mol. The number of rotatable bonds is 1. The number of fused-ring (bicyclic) bond motifs is 6. The maximum Gasteiger partial charge on any atom is 0.131 e. The van der Waals surface area contributed by atoms with Gasteiger partial charge in [0.05, 0.1) is 5.41 Å².